The molecule has 0 aliphatic carbocycles. The maximum absolute atomic E-state index is 12.6. The van der Waals surface area contributed by atoms with Crippen LogP contribution in [0.4, 0.5) is 5.69 Å². The summed E-state index contributed by atoms with van der Waals surface area (Å²) in [6, 6.07) is 14.4. The molecule has 0 saturated carbocycles. The summed E-state index contributed by atoms with van der Waals surface area (Å²) in [5, 5.41) is 5.67. The molecule has 0 saturated heterocycles. The molecule has 0 aliphatic rings. The Morgan fingerprint density at radius 3 is 2.63 bits per heavy atom. The number of pyridine rings is 2. The molecular formula is C21H20N4O2. The van der Waals surface area contributed by atoms with Gasteiger partial charge in [0.15, 0.2) is 0 Å². The van der Waals surface area contributed by atoms with E-state index in [1.165, 1.54) is 12.3 Å². The minimum Gasteiger partial charge on any atom is -0.347 e. The van der Waals surface area contributed by atoms with E-state index in [0.29, 0.717) is 12.1 Å². The largest absolute Gasteiger partial charge is 0.347 e. The van der Waals surface area contributed by atoms with E-state index in [2.05, 4.69) is 20.6 Å². The van der Waals surface area contributed by atoms with E-state index in [-0.39, 0.29) is 17.5 Å². The molecule has 2 heterocycles. The lowest BCUT2D eigenvalue weighted by atomic mass is 10.1. The van der Waals surface area contributed by atoms with E-state index in [1.807, 2.05) is 37.3 Å². The highest BCUT2D eigenvalue weighted by Gasteiger charge is 2.13. The molecule has 27 heavy (non-hydrogen) atoms. The third kappa shape index (κ3) is 4.76. The standard InChI is InChI=1S/C21H20N4O2/c1-2-16-7-3-4-8-18(16)25-20(26)17-9-11-23-19(12-17)21(27)24-14-15-6-5-10-22-13-15/h3-13H,2,14H2,1H3,(H,24,27)(H,25,26). The van der Waals surface area contributed by atoms with Gasteiger partial charge in [-0.3, -0.25) is 19.6 Å². The van der Waals surface area contributed by atoms with Crippen molar-refractivity contribution in [1.82, 2.24) is 15.3 Å². The normalized spacial score (nSPS) is 10.3. The van der Waals surface area contributed by atoms with Crippen molar-refractivity contribution in [1.29, 1.82) is 0 Å². The predicted octanol–water partition coefficient (Wildman–Crippen LogP) is 3.22. The Labute approximate surface area is 157 Å². The molecule has 2 aromatic heterocycles. The minimum absolute atomic E-state index is 0.190. The van der Waals surface area contributed by atoms with Crippen molar-refractivity contribution in [3.63, 3.8) is 0 Å². The van der Waals surface area contributed by atoms with Crippen molar-refractivity contribution >= 4 is 17.5 Å². The molecule has 0 fully saturated rings. The first kappa shape index (κ1) is 18.3. The maximum Gasteiger partial charge on any atom is 0.270 e. The topological polar surface area (TPSA) is 84.0 Å². The number of anilines is 1. The quantitative estimate of drug-likeness (QED) is 0.707. The number of nitrogens with zero attached hydrogens (tertiary/aromatic N) is 2. The molecule has 0 aliphatic heterocycles. The van der Waals surface area contributed by atoms with Crippen molar-refractivity contribution in [3.05, 3.63) is 89.5 Å². The van der Waals surface area contributed by atoms with Crippen LogP contribution in [0, 0.1) is 0 Å². The third-order valence-corrected chi connectivity index (χ3v) is 4.08. The summed E-state index contributed by atoms with van der Waals surface area (Å²) in [7, 11) is 0. The van der Waals surface area contributed by atoms with Crippen molar-refractivity contribution in [2.45, 2.75) is 19.9 Å². The summed E-state index contributed by atoms with van der Waals surface area (Å²) in [6.07, 6.45) is 5.63. The van der Waals surface area contributed by atoms with Gasteiger partial charge in [-0.05, 0) is 41.8 Å². The van der Waals surface area contributed by atoms with Gasteiger partial charge in [0.25, 0.3) is 11.8 Å². The third-order valence-electron chi connectivity index (χ3n) is 4.08. The van der Waals surface area contributed by atoms with Crippen LogP contribution >= 0.6 is 0 Å². The number of carbonyl (C=O) groups is 2. The first-order valence-corrected chi connectivity index (χ1v) is 8.69. The second kappa shape index (κ2) is 8.71. The number of aromatic nitrogens is 2. The van der Waals surface area contributed by atoms with Gasteiger partial charge in [-0.1, -0.05) is 31.2 Å². The Morgan fingerprint density at radius 1 is 1.00 bits per heavy atom. The lowest BCUT2D eigenvalue weighted by Gasteiger charge is -2.10. The summed E-state index contributed by atoms with van der Waals surface area (Å²) in [5.41, 5.74) is 3.27. The molecule has 3 rings (SSSR count). The van der Waals surface area contributed by atoms with Gasteiger partial charge in [0.2, 0.25) is 0 Å². The number of amides is 2. The smallest absolute Gasteiger partial charge is 0.270 e. The van der Waals surface area contributed by atoms with Gasteiger partial charge in [0.05, 0.1) is 0 Å². The minimum atomic E-state index is -0.345. The number of hydrogen-bond acceptors (Lipinski definition) is 4. The molecular weight excluding hydrogens is 340 g/mol. The van der Waals surface area contributed by atoms with E-state index < -0.39 is 0 Å². The average molecular weight is 360 g/mol. The van der Waals surface area contributed by atoms with Gasteiger partial charge < -0.3 is 10.6 Å². The van der Waals surface area contributed by atoms with Crippen LogP contribution in [0.2, 0.25) is 0 Å². The summed E-state index contributed by atoms with van der Waals surface area (Å²) >= 11 is 0. The fourth-order valence-electron chi connectivity index (χ4n) is 2.62. The van der Waals surface area contributed by atoms with Crippen molar-refractivity contribution in [3.8, 4) is 0 Å². The Bertz CT molecular complexity index is 942. The summed E-state index contributed by atoms with van der Waals surface area (Å²) < 4.78 is 0. The molecule has 2 amide bonds. The summed E-state index contributed by atoms with van der Waals surface area (Å²) in [5.74, 6) is -0.623. The second-order valence-electron chi connectivity index (χ2n) is 5.94. The molecule has 6 nitrogen and oxygen atoms in total. The van der Waals surface area contributed by atoms with E-state index in [4.69, 9.17) is 0 Å². The summed E-state index contributed by atoms with van der Waals surface area (Å²) in [6.45, 7) is 2.37. The molecule has 0 bridgehead atoms. The zero-order valence-electron chi connectivity index (χ0n) is 15.0. The molecule has 6 heteroatoms. The van der Waals surface area contributed by atoms with Crippen LogP contribution in [0.15, 0.2) is 67.1 Å². The number of nitrogens with one attached hydrogen (secondary N) is 2. The number of hydrogen-bond donors (Lipinski definition) is 2. The van der Waals surface area contributed by atoms with Gasteiger partial charge in [-0.2, -0.15) is 0 Å². The second-order valence-corrected chi connectivity index (χ2v) is 5.94. The molecule has 0 unspecified atom stereocenters. The van der Waals surface area contributed by atoms with E-state index in [0.717, 1.165) is 23.2 Å². The molecule has 3 aromatic rings. The van der Waals surface area contributed by atoms with E-state index in [1.54, 1.807) is 24.5 Å². The highest BCUT2D eigenvalue weighted by atomic mass is 16.2. The van der Waals surface area contributed by atoms with Crippen LogP contribution in [0.1, 0.15) is 38.9 Å². The zero-order chi connectivity index (χ0) is 19.1. The van der Waals surface area contributed by atoms with Gasteiger partial charge >= 0.3 is 0 Å². The van der Waals surface area contributed by atoms with Gasteiger partial charge in [-0.25, -0.2) is 0 Å². The molecule has 136 valence electrons. The Hall–Kier alpha value is -3.54. The van der Waals surface area contributed by atoms with E-state index in [9.17, 15) is 9.59 Å². The zero-order valence-corrected chi connectivity index (χ0v) is 15.0. The van der Waals surface area contributed by atoms with Gasteiger partial charge in [-0.15, -0.1) is 0 Å². The van der Waals surface area contributed by atoms with Gasteiger partial charge in [0.1, 0.15) is 5.69 Å². The first-order chi connectivity index (χ1) is 13.2. The fourth-order valence-corrected chi connectivity index (χ4v) is 2.62. The van der Waals surface area contributed by atoms with Crippen LogP contribution in [0.5, 0.6) is 0 Å². The van der Waals surface area contributed by atoms with E-state index >= 15 is 0 Å². The Kier molecular flexibility index (Phi) is 5.89. The number of rotatable bonds is 6. The van der Waals surface area contributed by atoms with Crippen molar-refractivity contribution < 1.29 is 9.59 Å². The maximum atomic E-state index is 12.6. The fraction of sp³-hybridized carbons (Fsp3) is 0.143. The number of aryl methyl sites for hydroxylation is 1. The highest BCUT2D eigenvalue weighted by molar-refractivity contribution is 6.06. The monoisotopic (exact) mass is 360 g/mol. The summed E-state index contributed by atoms with van der Waals surface area (Å²) in [4.78, 5) is 33.0. The van der Waals surface area contributed by atoms with Gasteiger partial charge in [0, 0.05) is 36.4 Å². The first-order valence-electron chi connectivity index (χ1n) is 8.69. The molecule has 1 aromatic carbocycles. The van der Waals surface area contributed by atoms with Crippen molar-refractivity contribution in [2.75, 3.05) is 5.32 Å². The van der Waals surface area contributed by atoms with Crippen LogP contribution < -0.4 is 10.6 Å². The van der Waals surface area contributed by atoms with Crippen LogP contribution in [-0.2, 0) is 13.0 Å². The number of benzene rings is 1. The lowest BCUT2D eigenvalue weighted by Crippen LogP contribution is -2.24. The number of para-hydroxylation sites is 1. The SMILES string of the molecule is CCc1ccccc1NC(=O)c1ccnc(C(=O)NCc2cccnc2)c1. The molecule has 2 N–H and O–H groups in total. The highest BCUT2D eigenvalue weighted by Crippen LogP contribution is 2.16. The Morgan fingerprint density at radius 2 is 1.85 bits per heavy atom. The van der Waals surface area contributed by atoms with Crippen LogP contribution in [0.25, 0.3) is 0 Å². The molecule has 0 atom stereocenters. The predicted molar refractivity (Wildman–Crippen MR) is 103 cm³/mol. The lowest BCUT2D eigenvalue weighted by molar-refractivity contribution is 0.0946. The average Bonchev–Trinajstić information content (AvgIpc) is 2.73. The van der Waals surface area contributed by atoms with Crippen LogP contribution in [0.3, 0.4) is 0 Å². The Balaban J connectivity index is 1.69. The van der Waals surface area contributed by atoms with Crippen molar-refractivity contribution in [2.24, 2.45) is 0 Å². The molecule has 0 radical (unpaired) electrons. The molecule has 0 spiro atoms. The number of carbonyl (C=O) groups excluding carboxylic acids is 2. The van der Waals surface area contributed by atoms with Crippen LogP contribution in [-0.4, -0.2) is 21.8 Å².